The predicted molar refractivity (Wildman–Crippen MR) is 122 cm³/mol. The summed E-state index contributed by atoms with van der Waals surface area (Å²) < 4.78 is 66.4. The summed E-state index contributed by atoms with van der Waals surface area (Å²) in [5.41, 5.74) is 7.65. The maximum atomic E-state index is 14.7. The van der Waals surface area contributed by atoms with Crippen molar-refractivity contribution in [2.45, 2.75) is 45.2 Å². The van der Waals surface area contributed by atoms with E-state index < -0.39 is 37.4 Å². The molecule has 14 heteroatoms. The van der Waals surface area contributed by atoms with Gasteiger partial charge in [-0.25, -0.2) is 32.5 Å². The third kappa shape index (κ3) is 4.16. The van der Waals surface area contributed by atoms with Gasteiger partial charge in [-0.15, -0.1) is 0 Å². The molecule has 190 valence electrons. The molecule has 0 saturated carbocycles. The number of pyridine rings is 1. The molecule has 0 bridgehead atoms. The molecule has 5 heterocycles. The summed E-state index contributed by atoms with van der Waals surface area (Å²) in [7, 11) is 0. The number of anilines is 1. The predicted octanol–water partition coefficient (Wildman–Crippen LogP) is 2.39. The van der Waals surface area contributed by atoms with Crippen molar-refractivity contribution in [2.75, 3.05) is 18.8 Å². The second kappa shape index (κ2) is 8.60. The second-order valence-corrected chi connectivity index (χ2v) is 8.64. The first-order valence-corrected chi connectivity index (χ1v) is 11.1. The molecule has 3 N–H and O–H groups in total. The third-order valence-electron chi connectivity index (χ3n) is 6.16. The van der Waals surface area contributed by atoms with Crippen molar-refractivity contribution < 1.29 is 23.7 Å². The minimum Gasteiger partial charge on any atom is -0.382 e. The molecule has 4 aromatic rings. The van der Waals surface area contributed by atoms with Crippen molar-refractivity contribution in [2.24, 2.45) is 4.99 Å². The first-order chi connectivity index (χ1) is 17.4. The van der Waals surface area contributed by atoms with Crippen molar-refractivity contribution in [1.29, 1.82) is 0 Å². The minimum atomic E-state index is -3.27. The lowest BCUT2D eigenvalue weighted by Crippen LogP contribution is -2.52. The molecule has 1 amide bonds. The zero-order chi connectivity index (χ0) is 26.6. The van der Waals surface area contributed by atoms with Crippen LogP contribution in [0.1, 0.15) is 20.5 Å². The second-order valence-electron chi connectivity index (χ2n) is 8.64. The van der Waals surface area contributed by atoms with Gasteiger partial charge in [0.25, 0.3) is 12.3 Å². The van der Waals surface area contributed by atoms with E-state index in [-0.39, 0.29) is 41.7 Å². The molecule has 0 aromatic carbocycles. The van der Waals surface area contributed by atoms with E-state index in [0.717, 1.165) is 4.90 Å². The highest BCUT2D eigenvalue weighted by atomic mass is 19.3. The number of nitrogens with one attached hydrogen (secondary N) is 1. The number of aromatic amines is 1. The number of amides is 1. The highest BCUT2D eigenvalue weighted by molar-refractivity contribution is 5.88. The fourth-order valence-electron chi connectivity index (χ4n) is 4.39. The number of nitrogens with two attached hydrogens (primary N) is 1. The summed E-state index contributed by atoms with van der Waals surface area (Å²) in [6, 6.07) is 3.27. The van der Waals surface area contributed by atoms with Gasteiger partial charge in [-0.1, -0.05) is 0 Å². The van der Waals surface area contributed by atoms with Gasteiger partial charge in [0.05, 0.1) is 20.2 Å². The number of hydrogen-bond acceptors (Lipinski definition) is 6. The van der Waals surface area contributed by atoms with Crippen molar-refractivity contribution in [3.05, 3.63) is 35.8 Å². The molecule has 10 nitrogen and oxygen atoms in total. The van der Waals surface area contributed by atoms with Gasteiger partial charge >= 0.3 is 0 Å². The summed E-state index contributed by atoms with van der Waals surface area (Å²) in [6.45, 7) is 1.65. The van der Waals surface area contributed by atoms with Gasteiger partial charge < -0.3 is 15.2 Å². The lowest BCUT2D eigenvalue weighted by Gasteiger charge is -2.35. The highest BCUT2D eigenvalue weighted by Crippen LogP contribution is 2.30. The van der Waals surface area contributed by atoms with E-state index in [1.54, 1.807) is 19.1 Å². The van der Waals surface area contributed by atoms with E-state index in [1.807, 2.05) is 0 Å². The van der Waals surface area contributed by atoms with Crippen LogP contribution in [0, 0.1) is 6.92 Å². The molecule has 1 fully saturated rings. The van der Waals surface area contributed by atoms with Crippen LogP contribution in [0.25, 0.3) is 27.9 Å². The van der Waals surface area contributed by atoms with Crippen LogP contribution >= 0.6 is 0 Å². The number of imidazole rings is 1. The average Bonchev–Trinajstić information content (AvgIpc) is 3.31. The Morgan fingerprint density at radius 1 is 1.33 bits per heavy atom. The summed E-state index contributed by atoms with van der Waals surface area (Å²) in [6.07, 6.45) is -2.75. The molecule has 0 radical (unpaired) electrons. The standard InChI is InChI=1S/C22H23F4N9O/c1-11-28-15-4-3-14(29-20(15)34(11)9-17(23)24)13-5-8-35-18(13)19(27)31-21(32-35)30-16-6-7-33(12(2)36)10-22(16,25)26/h3-5,8,16-17H,6-7,9-10H2,1-2H3,(H3,27,30,31,32)/t16-/m1/s1/i8D. The van der Waals surface area contributed by atoms with E-state index in [1.165, 1.54) is 22.1 Å². The van der Waals surface area contributed by atoms with Crippen LogP contribution in [0.4, 0.5) is 23.4 Å². The van der Waals surface area contributed by atoms with Crippen LogP contribution in [0.3, 0.4) is 0 Å². The minimum absolute atomic E-state index is 0.0691. The number of alkyl halides is 4. The summed E-state index contributed by atoms with van der Waals surface area (Å²) in [5.74, 6) is -3.41. The molecule has 1 atom stereocenters. The Morgan fingerprint density at radius 3 is 2.81 bits per heavy atom. The number of nitrogens with zero attached hydrogens (tertiary/aromatic N) is 7. The quantitative estimate of drug-likeness (QED) is 0.412. The Labute approximate surface area is 202 Å². The molecule has 4 aromatic heterocycles. The zero-order valence-corrected chi connectivity index (χ0v) is 19.3. The summed E-state index contributed by atoms with van der Waals surface area (Å²) in [4.78, 5) is 29.5. The van der Waals surface area contributed by atoms with Crippen LogP contribution in [-0.2, 0) is 11.3 Å². The number of fused-ring (bicyclic) bond motifs is 2. The molecule has 1 aliphatic heterocycles. The third-order valence-corrected chi connectivity index (χ3v) is 6.16. The number of likely N-dealkylation sites (tertiary alicyclic amines) is 1. The van der Waals surface area contributed by atoms with E-state index in [2.05, 4.69) is 25.0 Å². The first-order valence-electron chi connectivity index (χ1n) is 11.6. The van der Waals surface area contributed by atoms with E-state index in [9.17, 15) is 22.4 Å². The number of aromatic nitrogens is 6. The lowest BCUT2D eigenvalue weighted by molar-refractivity contribution is -0.141. The number of H-pyrrole nitrogens is 1. The van der Waals surface area contributed by atoms with Crippen molar-refractivity contribution >= 4 is 28.4 Å². The van der Waals surface area contributed by atoms with Gasteiger partial charge in [0.15, 0.2) is 11.5 Å². The number of nitrogen functional groups attached to an aromatic ring is 1. The van der Waals surface area contributed by atoms with Crippen LogP contribution < -0.4 is 11.4 Å². The molecular weight excluding hydrogens is 482 g/mol. The van der Waals surface area contributed by atoms with Gasteiger partial charge in [-0.05, 0) is 31.5 Å². The molecule has 1 saturated heterocycles. The van der Waals surface area contributed by atoms with E-state index in [0.29, 0.717) is 22.6 Å². The van der Waals surface area contributed by atoms with Gasteiger partial charge in [0.1, 0.15) is 22.9 Å². The smallest absolute Gasteiger partial charge is 0.287 e. The normalized spacial score (nSPS) is 19.0. The lowest BCUT2D eigenvalue weighted by atomic mass is 10.0. The summed E-state index contributed by atoms with van der Waals surface area (Å²) >= 11 is 0. The Bertz CT molecular complexity index is 1590. The van der Waals surface area contributed by atoms with Gasteiger partial charge in [0.2, 0.25) is 11.5 Å². The number of carbonyl (C=O) groups is 1. The van der Waals surface area contributed by atoms with E-state index in [4.69, 9.17) is 7.10 Å². The SMILES string of the molecule is [2H]c1cc(-c2ccc3nc(C)n(CC(F)F)c3n2)c2c(N)nc(=N[C@@H]3CCN(C(C)=O)CC3(F)F)[nH]n12. The Morgan fingerprint density at radius 2 is 2.11 bits per heavy atom. The fourth-order valence-corrected chi connectivity index (χ4v) is 4.39. The van der Waals surface area contributed by atoms with Gasteiger partial charge in [0, 0.05) is 25.2 Å². The monoisotopic (exact) mass is 506 g/mol. The fraction of sp³-hybridized carbons (Fsp3) is 0.409. The average molecular weight is 506 g/mol. The number of rotatable bonds is 4. The molecule has 0 aliphatic carbocycles. The first kappa shape index (κ1) is 22.5. The Kier molecular flexibility index (Phi) is 5.38. The van der Waals surface area contributed by atoms with Crippen LogP contribution in [0.15, 0.2) is 29.4 Å². The molecular formula is C22H23F4N9O. The molecule has 0 spiro atoms. The van der Waals surface area contributed by atoms with Crippen molar-refractivity contribution in [3.63, 3.8) is 0 Å². The highest BCUT2D eigenvalue weighted by Gasteiger charge is 2.45. The molecule has 36 heavy (non-hydrogen) atoms. The molecule has 0 unspecified atom stereocenters. The van der Waals surface area contributed by atoms with Crippen LogP contribution in [-0.4, -0.2) is 71.4 Å². The number of piperidine rings is 1. The van der Waals surface area contributed by atoms with Crippen LogP contribution in [0.2, 0.25) is 0 Å². The largest absolute Gasteiger partial charge is 0.382 e. The van der Waals surface area contributed by atoms with Crippen molar-refractivity contribution in [1.82, 2.24) is 34.0 Å². The number of halogens is 4. The summed E-state index contributed by atoms with van der Waals surface area (Å²) in [5, 5.41) is 2.74. The zero-order valence-electron chi connectivity index (χ0n) is 20.3. The Hall–Kier alpha value is -3.97. The number of carbonyl (C=O) groups excluding carboxylic acids is 1. The molecule has 5 rings (SSSR count). The van der Waals surface area contributed by atoms with Gasteiger partial charge in [-0.3, -0.25) is 14.4 Å². The van der Waals surface area contributed by atoms with Crippen molar-refractivity contribution in [3.8, 4) is 11.3 Å². The maximum absolute atomic E-state index is 14.7. The van der Waals surface area contributed by atoms with Crippen LogP contribution in [0.5, 0.6) is 0 Å². The maximum Gasteiger partial charge on any atom is 0.287 e. The number of aryl methyl sites for hydroxylation is 1. The van der Waals surface area contributed by atoms with Gasteiger partial charge in [-0.2, -0.15) is 4.98 Å². The number of hydrogen-bond donors (Lipinski definition) is 2. The Balaban J connectivity index is 1.57. The van der Waals surface area contributed by atoms with E-state index >= 15 is 0 Å². The molecule has 1 aliphatic rings. The topological polar surface area (TPSA) is 122 Å².